The number of esters is 1. The first-order valence-corrected chi connectivity index (χ1v) is 13.0. The zero-order valence-corrected chi connectivity index (χ0v) is 21.1. The van der Waals surface area contributed by atoms with Crippen LogP contribution >= 0.6 is 11.6 Å². The molecule has 0 spiro atoms. The van der Waals surface area contributed by atoms with Gasteiger partial charge in [-0.1, -0.05) is 23.7 Å². The Hall–Kier alpha value is -2.91. The molecule has 0 saturated heterocycles. The van der Waals surface area contributed by atoms with E-state index < -0.39 is 21.9 Å². The third-order valence-corrected chi connectivity index (χ3v) is 7.22. The number of ether oxygens (including phenoxy) is 2. The van der Waals surface area contributed by atoms with Crippen molar-refractivity contribution in [2.75, 3.05) is 19.8 Å². The van der Waals surface area contributed by atoms with Crippen molar-refractivity contribution >= 4 is 27.4 Å². The Morgan fingerprint density at radius 3 is 2.26 bits per heavy atom. The molecule has 0 saturated carbocycles. The predicted molar refractivity (Wildman–Crippen MR) is 134 cm³/mol. The minimum absolute atomic E-state index is 0.0647. The summed E-state index contributed by atoms with van der Waals surface area (Å²) in [4.78, 5) is 12.0. The normalized spacial score (nSPS) is 13.1. The van der Waals surface area contributed by atoms with Crippen LogP contribution in [0.2, 0.25) is 5.02 Å². The van der Waals surface area contributed by atoms with Gasteiger partial charge < -0.3 is 19.9 Å². The summed E-state index contributed by atoms with van der Waals surface area (Å²) in [7, 11) is -3.75. The summed E-state index contributed by atoms with van der Waals surface area (Å²) in [6, 6.07) is 18.8. The van der Waals surface area contributed by atoms with E-state index in [1.165, 1.54) is 36.4 Å². The van der Waals surface area contributed by atoms with Gasteiger partial charge in [-0.25, -0.2) is 13.2 Å². The Morgan fingerprint density at radius 2 is 1.66 bits per heavy atom. The summed E-state index contributed by atoms with van der Waals surface area (Å²) in [5, 5.41) is 14.1. The summed E-state index contributed by atoms with van der Waals surface area (Å²) >= 11 is 5.97. The highest BCUT2D eigenvalue weighted by Crippen LogP contribution is 2.24. The van der Waals surface area contributed by atoms with Crippen LogP contribution in [-0.2, 0) is 14.6 Å². The Balaban J connectivity index is 1.54. The molecule has 0 heterocycles. The van der Waals surface area contributed by atoms with Gasteiger partial charge in [0.1, 0.15) is 12.4 Å². The van der Waals surface area contributed by atoms with Gasteiger partial charge in [0, 0.05) is 17.6 Å². The van der Waals surface area contributed by atoms with Crippen molar-refractivity contribution < 1.29 is 27.8 Å². The van der Waals surface area contributed by atoms with E-state index in [1.54, 1.807) is 37.3 Å². The summed E-state index contributed by atoms with van der Waals surface area (Å²) in [6.07, 6.45) is -0.702. The Kier molecular flexibility index (Phi) is 9.28. The fourth-order valence-corrected chi connectivity index (χ4v) is 4.72. The van der Waals surface area contributed by atoms with Gasteiger partial charge in [-0.05, 0) is 80.1 Å². The molecule has 7 nitrogen and oxygen atoms in total. The van der Waals surface area contributed by atoms with Crippen molar-refractivity contribution in [1.82, 2.24) is 5.32 Å². The van der Waals surface area contributed by atoms with Crippen molar-refractivity contribution in [3.63, 3.8) is 0 Å². The molecule has 0 radical (unpaired) electrons. The Bertz CT molecular complexity index is 1230. The average molecular weight is 518 g/mol. The highest BCUT2D eigenvalue weighted by Gasteiger charge is 2.19. The molecular weight excluding hydrogens is 490 g/mol. The monoisotopic (exact) mass is 517 g/mol. The van der Waals surface area contributed by atoms with Gasteiger partial charge in [-0.2, -0.15) is 0 Å². The third-order valence-electron chi connectivity index (χ3n) is 5.20. The first kappa shape index (κ1) is 26.7. The van der Waals surface area contributed by atoms with E-state index in [-0.39, 0.29) is 28.0 Å². The predicted octanol–water partition coefficient (Wildman–Crippen LogP) is 4.44. The first-order valence-electron chi connectivity index (χ1n) is 11.1. The number of carbonyl (C=O) groups excluding carboxylic acids is 1. The molecule has 0 bridgehead atoms. The van der Waals surface area contributed by atoms with Gasteiger partial charge in [0.05, 0.1) is 28.1 Å². The minimum Gasteiger partial charge on any atom is -0.492 e. The number of nitrogens with one attached hydrogen (secondary N) is 1. The standard InChI is InChI=1S/C26H28ClNO6S/c1-3-33-26(30)19-7-11-23(12-8-19)35(31,32)24-13-9-22(10-14-24)34-17-18(2)28-16-25(29)20-5-4-6-21(27)15-20/h4-15,18,25,28-29H,3,16-17H2,1-2H3/t18-,25+/m1/s1. The highest BCUT2D eigenvalue weighted by atomic mass is 35.5. The van der Waals surface area contributed by atoms with E-state index in [4.69, 9.17) is 21.1 Å². The van der Waals surface area contributed by atoms with Crippen LogP contribution in [0.3, 0.4) is 0 Å². The molecule has 0 aromatic heterocycles. The van der Waals surface area contributed by atoms with E-state index in [0.717, 1.165) is 5.56 Å². The van der Waals surface area contributed by atoms with E-state index in [2.05, 4.69) is 5.32 Å². The van der Waals surface area contributed by atoms with Crippen molar-refractivity contribution in [3.8, 4) is 5.75 Å². The first-order chi connectivity index (χ1) is 16.7. The molecule has 2 N–H and O–H groups in total. The van der Waals surface area contributed by atoms with Crippen LogP contribution < -0.4 is 10.1 Å². The van der Waals surface area contributed by atoms with E-state index >= 15 is 0 Å². The second-order valence-electron chi connectivity index (χ2n) is 7.91. The zero-order valence-electron chi connectivity index (χ0n) is 19.5. The number of hydrogen-bond acceptors (Lipinski definition) is 7. The zero-order chi connectivity index (χ0) is 25.4. The quantitative estimate of drug-likeness (QED) is 0.362. The van der Waals surface area contributed by atoms with E-state index in [9.17, 15) is 18.3 Å². The molecule has 9 heteroatoms. The van der Waals surface area contributed by atoms with Gasteiger partial charge in [0.15, 0.2) is 0 Å². The second-order valence-corrected chi connectivity index (χ2v) is 10.3. The van der Waals surface area contributed by atoms with Gasteiger partial charge >= 0.3 is 5.97 Å². The lowest BCUT2D eigenvalue weighted by molar-refractivity contribution is 0.0526. The minimum atomic E-state index is -3.75. The number of sulfone groups is 1. The van der Waals surface area contributed by atoms with Gasteiger partial charge in [0.25, 0.3) is 0 Å². The molecule has 0 amide bonds. The lowest BCUT2D eigenvalue weighted by atomic mass is 10.1. The number of halogens is 1. The van der Waals surface area contributed by atoms with E-state index in [0.29, 0.717) is 23.9 Å². The Morgan fingerprint density at radius 1 is 1.03 bits per heavy atom. The van der Waals surface area contributed by atoms with Crippen LogP contribution in [0.15, 0.2) is 82.6 Å². The van der Waals surface area contributed by atoms with E-state index in [1.807, 2.05) is 13.0 Å². The fourth-order valence-electron chi connectivity index (χ4n) is 3.26. The SMILES string of the molecule is CCOC(=O)c1ccc(S(=O)(=O)c2ccc(OC[C@@H](C)NC[C@H](O)c3cccc(Cl)c3)cc2)cc1. The maximum absolute atomic E-state index is 12.9. The van der Waals surface area contributed by atoms with Crippen LogP contribution in [0.4, 0.5) is 0 Å². The summed E-state index contributed by atoms with van der Waals surface area (Å²) in [6.45, 7) is 4.52. The summed E-state index contributed by atoms with van der Waals surface area (Å²) in [5.41, 5.74) is 1.02. The van der Waals surface area contributed by atoms with Crippen LogP contribution in [0.1, 0.15) is 35.9 Å². The molecule has 2 atom stereocenters. The summed E-state index contributed by atoms with van der Waals surface area (Å²) in [5.74, 6) is 0.0197. The van der Waals surface area contributed by atoms with Gasteiger partial charge in [-0.3, -0.25) is 0 Å². The van der Waals surface area contributed by atoms with Crippen LogP contribution in [0.5, 0.6) is 5.75 Å². The molecule has 3 aromatic carbocycles. The van der Waals surface area contributed by atoms with Crippen LogP contribution in [-0.4, -0.2) is 45.3 Å². The number of carbonyl (C=O) groups is 1. The Labute approximate surface area is 210 Å². The lowest BCUT2D eigenvalue weighted by Gasteiger charge is -2.18. The van der Waals surface area contributed by atoms with Crippen molar-refractivity contribution in [2.45, 2.75) is 35.8 Å². The maximum atomic E-state index is 12.9. The molecule has 3 aromatic rings. The smallest absolute Gasteiger partial charge is 0.338 e. The van der Waals surface area contributed by atoms with Crippen molar-refractivity contribution in [3.05, 3.63) is 88.9 Å². The molecule has 0 unspecified atom stereocenters. The number of rotatable bonds is 11. The van der Waals surface area contributed by atoms with Crippen molar-refractivity contribution in [2.24, 2.45) is 0 Å². The largest absolute Gasteiger partial charge is 0.492 e. The van der Waals surface area contributed by atoms with Crippen LogP contribution in [0, 0.1) is 0 Å². The molecule has 3 rings (SSSR count). The lowest BCUT2D eigenvalue weighted by Crippen LogP contribution is -2.34. The average Bonchev–Trinajstić information content (AvgIpc) is 2.86. The number of benzene rings is 3. The topological polar surface area (TPSA) is 102 Å². The molecule has 0 fully saturated rings. The number of hydrogen-bond donors (Lipinski definition) is 2. The summed E-state index contributed by atoms with van der Waals surface area (Å²) < 4.78 is 36.5. The highest BCUT2D eigenvalue weighted by molar-refractivity contribution is 7.91. The van der Waals surface area contributed by atoms with Gasteiger partial charge in [0.2, 0.25) is 9.84 Å². The molecule has 0 aliphatic carbocycles. The second kappa shape index (κ2) is 12.2. The molecule has 0 aliphatic rings. The number of aliphatic hydroxyl groups is 1. The molecular formula is C26H28ClNO6S. The maximum Gasteiger partial charge on any atom is 0.338 e. The van der Waals surface area contributed by atoms with Crippen LogP contribution in [0.25, 0.3) is 0 Å². The molecule has 35 heavy (non-hydrogen) atoms. The fraction of sp³-hybridized carbons (Fsp3) is 0.269. The van der Waals surface area contributed by atoms with Crippen molar-refractivity contribution in [1.29, 1.82) is 0 Å². The van der Waals surface area contributed by atoms with Gasteiger partial charge in [-0.15, -0.1) is 0 Å². The molecule has 186 valence electrons. The third kappa shape index (κ3) is 7.29. The number of aliphatic hydroxyl groups excluding tert-OH is 1. The molecule has 0 aliphatic heterocycles.